The maximum atomic E-state index is 5.47. The molecule has 114 valence electrons. The van der Waals surface area contributed by atoms with Crippen molar-refractivity contribution in [1.29, 1.82) is 0 Å². The third-order valence-electron chi connectivity index (χ3n) is 3.48. The maximum absolute atomic E-state index is 5.47. The number of methoxy groups -OCH3 is 2. The number of nitrogens with one attached hydrogen (secondary N) is 1. The van der Waals surface area contributed by atoms with Gasteiger partial charge < -0.3 is 14.8 Å². The van der Waals surface area contributed by atoms with E-state index in [1.54, 1.807) is 14.2 Å². The molecule has 22 heavy (non-hydrogen) atoms. The molecule has 5 nitrogen and oxygen atoms in total. The van der Waals surface area contributed by atoms with E-state index in [-0.39, 0.29) is 6.10 Å². The van der Waals surface area contributed by atoms with Crippen LogP contribution in [0, 0.1) is 0 Å². The molecule has 0 aliphatic heterocycles. The summed E-state index contributed by atoms with van der Waals surface area (Å²) in [6, 6.07) is 12.1. The molecule has 0 radical (unpaired) electrons. The van der Waals surface area contributed by atoms with E-state index in [1.165, 1.54) is 11.3 Å². The Morgan fingerprint density at radius 3 is 2.68 bits per heavy atom. The molecule has 3 aromatic rings. The fraction of sp³-hybridized carbons (Fsp3) is 0.250. The smallest absolute Gasteiger partial charge is 0.210 e. The molecule has 0 bridgehead atoms. The zero-order chi connectivity index (χ0) is 15.5. The number of benzene rings is 2. The average Bonchev–Trinajstić information content (AvgIpc) is 3.03. The highest BCUT2D eigenvalue weighted by molar-refractivity contribution is 7.15. The van der Waals surface area contributed by atoms with Crippen molar-refractivity contribution < 1.29 is 9.47 Å². The SMILES string of the molecule is COc1ccc2ccccc2c1Nc1nnc(C(C)OC)s1. The summed E-state index contributed by atoms with van der Waals surface area (Å²) in [6.07, 6.45) is -0.0672. The van der Waals surface area contributed by atoms with Crippen molar-refractivity contribution in [2.24, 2.45) is 0 Å². The highest BCUT2D eigenvalue weighted by Gasteiger charge is 2.14. The van der Waals surface area contributed by atoms with Crippen LogP contribution in [0.25, 0.3) is 10.8 Å². The van der Waals surface area contributed by atoms with Crippen LogP contribution >= 0.6 is 11.3 Å². The number of fused-ring (bicyclic) bond motifs is 1. The third kappa shape index (κ3) is 2.75. The minimum atomic E-state index is -0.0672. The summed E-state index contributed by atoms with van der Waals surface area (Å²) in [6.45, 7) is 1.95. The molecule has 0 saturated heterocycles. The van der Waals surface area contributed by atoms with Gasteiger partial charge in [-0.15, -0.1) is 10.2 Å². The summed E-state index contributed by atoms with van der Waals surface area (Å²) < 4.78 is 10.7. The Morgan fingerprint density at radius 2 is 1.91 bits per heavy atom. The van der Waals surface area contributed by atoms with E-state index in [1.807, 2.05) is 31.2 Å². The number of aromatic nitrogens is 2. The highest BCUT2D eigenvalue weighted by Crippen LogP contribution is 2.36. The Balaban J connectivity index is 2.00. The summed E-state index contributed by atoms with van der Waals surface area (Å²) in [5.74, 6) is 0.773. The second-order valence-electron chi connectivity index (χ2n) is 4.81. The molecule has 0 aliphatic carbocycles. The highest BCUT2D eigenvalue weighted by atomic mass is 32.1. The van der Waals surface area contributed by atoms with Gasteiger partial charge in [-0.25, -0.2) is 0 Å². The van der Waals surface area contributed by atoms with Crippen molar-refractivity contribution in [2.75, 3.05) is 19.5 Å². The molecule has 1 aromatic heterocycles. The van der Waals surface area contributed by atoms with Crippen molar-refractivity contribution in [3.8, 4) is 5.75 Å². The van der Waals surface area contributed by atoms with Gasteiger partial charge in [0, 0.05) is 12.5 Å². The molecule has 0 aliphatic rings. The van der Waals surface area contributed by atoms with Gasteiger partial charge >= 0.3 is 0 Å². The van der Waals surface area contributed by atoms with E-state index < -0.39 is 0 Å². The Labute approximate surface area is 132 Å². The largest absolute Gasteiger partial charge is 0.495 e. The van der Waals surface area contributed by atoms with E-state index in [2.05, 4.69) is 27.6 Å². The summed E-state index contributed by atoms with van der Waals surface area (Å²) in [5.41, 5.74) is 0.897. The van der Waals surface area contributed by atoms with E-state index in [9.17, 15) is 0 Å². The van der Waals surface area contributed by atoms with Crippen LogP contribution < -0.4 is 10.1 Å². The molecular weight excluding hydrogens is 298 g/mol. The van der Waals surface area contributed by atoms with Gasteiger partial charge in [0.25, 0.3) is 0 Å². The minimum Gasteiger partial charge on any atom is -0.495 e. The monoisotopic (exact) mass is 315 g/mol. The number of anilines is 2. The first kappa shape index (κ1) is 14.7. The molecule has 0 fully saturated rings. The van der Waals surface area contributed by atoms with Crippen LogP contribution in [-0.4, -0.2) is 24.4 Å². The first-order chi connectivity index (χ1) is 10.7. The fourth-order valence-corrected chi connectivity index (χ4v) is 2.98. The average molecular weight is 315 g/mol. The fourth-order valence-electron chi connectivity index (χ4n) is 2.21. The lowest BCUT2D eigenvalue weighted by atomic mass is 10.1. The maximum Gasteiger partial charge on any atom is 0.210 e. The normalized spacial score (nSPS) is 12.3. The zero-order valence-corrected chi connectivity index (χ0v) is 13.5. The summed E-state index contributed by atoms with van der Waals surface area (Å²) >= 11 is 1.47. The van der Waals surface area contributed by atoms with Crippen LogP contribution in [0.1, 0.15) is 18.0 Å². The second kappa shape index (κ2) is 6.29. The van der Waals surface area contributed by atoms with Crippen LogP contribution in [0.15, 0.2) is 36.4 Å². The number of nitrogens with zero attached hydrogens (tertiary/aromatic N) is 2. The van der Waals surface area contributed by atoms with Crippen molar-refractivity contribution in [2.45, 2.75) is 13.0 Å². The standard InChI is InChI=1S/C16H17N3O2S/c1-10(20-2)15-18-19-16(22-15)17-14-12-7-5-4-6-11(12)8-9-13(14)21-3/h4-10H,1-3H3,(H,17,19). The second-order valence-corrected chi connectivity index (χ2v) is 5.82. The molecule has 1 unspecified atom stereocenters. The lowest BCUT2D eigenvalue weighted by Crippen LogP contribution is -1.95. The molecule has 1 N–H and O–H groups in total. The van der Waals surface area contributed by atoms with Gasteiger partial charge in [-0.2, -0.15) is 0 Å². The van der Waals surface area contributed by atoms with E-state index in [0.717, 1.165) is 27.2 Å². The van der Waals surface area contributed by atoms with Gasteiger partial charge in [0.15, 0.2) is 0 Å². The van der Waals surface area contributed by atoms with E-state index in [0.29, 0.717) is 5.13 Å². The minimum absolute atomic E-state index is 0.0672. The Bertz CT molecular complexity index is 788. The van der Waals surface area contributed by atoms with Gasteiger partial charge in [-0.1, -0.05) is 41.7 Å². The quantitative estimate of drug-likeness (QED) is 0.766. The van der Waals surface area contributed by atoms with Gasteiger partial charge in [0.1, 0.15) is 16.9 Å². The van der Waals surface area contributed by atoms with Gasteiger partial charge in [0.2, 0.25) is 5.13 Å². The molecule has 2 aromatic carbocycles. The van der Waals surface area contributed by atoms with Crippen molar-refractivity contribution in [3.05, 3.63) is 41.4 Å². The van der Waals surface area contributed by atoms with Gasteiger partial charge in [-0.05, 0) is 18.4 Å². The van der Waals surface area contributed by atoms with Crippen LogP contribution in [0.3, 0.4) is 0 Å². The number of hydrogen-bond acceptors (Lipinski definition) is 6. The van der Waals surface area contributed by atoms with E-state index in [4.69, 9.17) is 9.47 Å². The number of ether oxygens (including phenoxy) is 2. The first-order valence-electron chi connectivity index (χ1n) is 6.92. The summed E-state index contributed by atoms with van der Waals surface area (Å²) in [4.78, 5) is 0. The molecule has 0 saturated carbocycles. The van der Waals surface area contributed by atoms with Crippen LogP contribution in [-0.2, 0) is 4.74 Å². The molecular formula is C16H17N3O2S. The van der Waals surface area contributed by atoms with Crippen molar-refractivity contribution in [3.63, 3.8) is 0 Å². The van der Waals surface area contributed by atoms with Gasteiger partial charge in [-0.3, -0.25) is 0 Å². The lowest BCUT2D eigenvalue weighted by Gasteiger charge is -2.12. The van der Waals surface area contributed by atoms with Crippen LogP contribution in [0.4, 0.5) is 10.8 Å². The summed E-state index contributed by atoms with van der Waals surface area (Å²) in [5, 5.41) is 15.4. The summed E-state index contributed by atoms with van der Waals surface area (Å²) in [7, 11) is 3.32. The van der Waals surface area contributed by atoms with Crippen LogP contribution in [0.5, 0.6) is 5.75 Å². The van der Waals surface area contributed by atoms with Crippen LogP contribution in [0.2, 0.25) is 0 Å². The zero-order valence-electron chi connectivity index (χ0n) is 12.7. The topological polar surface area (TPSA) is 56.3 Å². The molecule has 3 rings (SSSR count). The van der Waals surface area contributed by atoms with E-state index >= 15 is 0 Å². The Morgan fingerprint density at radius 1 is 1.09 bits per heavy atom. The van der Waals surface area contributed by atoms with Crippen molar-refractivity contribution in [1.82, 2.24) is 10.2 Å². The first-order valence-corrected chi connectivity index (χ1v) is 7.73. The molecule has 1 heterocycles. The Kier molecular flexibility index (Phi) is 4.22. The molecule has 0 spiro atoms. The Hall–Kier alpha value is -2.18. The third-order valence-corrected chi connectivity index (χ3v) is 4.48. The number of hydrogen-bond donors (Lipinski definition) is 1. The number of rotatable bonds is 5. The lowest BCUT2D eigenvalue weighted by molar-refractivity contribution is 0.118. The molecule has 1 atom stereocenters. The van der Waals surface area contributed by atoms with Gasteiger partial charge in [0.05, 0.1) is 12.8 Å². The molecule has 6 heteroatoms. The molecule has 0 amide bonds. The predicted molar refractivity (Wildman–Crippen MR) is 89.1 cm³/mol. The predicted octanol–water partition coefficient (Wildman–Crippen LogP) is 4.15. The van der Waals surface area contributed by atoms with Crippen molar-refractivity contribution >= 4 is 32.9 Å².